The van der Waals surface area contributed by atoms with Crippen LogP contribution in [-0.2, 0) is 4.79 Å². The van der Waals surface area contributed by atoms with Gasteiger partial charge in [0.2, 0.25) is 5.91 Å². The lowest BCUT2D eigenvalue weighted by Crippen LogP contribution is -2.24. The molecule has 0 bridgehead atoms. The summed E-state index contributed by atoms with van der Waals surface area (Å²) in [5, 5.41) is 5.69. The average Bonchev–Trinajstić information content (AvgIpc) is 2.56. The van der Waals surface area contributed by atoms with Crippen LogP contribution in [0.1, 0.15) is 29.6 Å². The van der Waals surface area contributed by atoms with Crippen molar-refractivity contribution in [1.29, 1.82) is 0 Å². The van der Waals surface area contributed by atoms with Crippen LogP contribution in [0.4, 0.5) is 5.69 Å². The van der Waals surface area contributed by atoms with Crippen molar-refractivity contribution < 1.29 is 9.59 Å². The molecule has 0 radical (unpaired) electrons. The predicted octanol–water partition coefficient (Wildman–Crippen LogP) is 3.23. The number of carbonyl (C=O) groups excluding carboxylic acids is 2. The summed E-state index contributed by atoms with van der Waals surface area (Å²) in [7, 11) is 0. The number of hydrogen-bond donors (Lipinski definition) is 2. The largest absolute Gasteiger partial charge is 0.352 e. The summed E-state index contributed by atoms with van der Waals surface area (Å²) in [6.45, 7) is 0.576. The minimum Gasteiger partial charge on any atom is -0.352 e. The molecule has 0 aliphatic carbocycles. The second kappa shape index (κ2) is 8.62. The third kappa shape index (κ3) is 5.40. The maximum absolute atomic E-state index is 11.8. The predicted molar refractivity (Wildman–Crippen MR) is 87.7 cm³/mol. The van der Waals surface area contributed by atoms with Gasteiger partial charge in [0, 0.05) is 24.2 Å². The van der Waals surface area contributed by atoms with E-state index in [1.54, 1.807) is 12.1 Å². The zero-order valence-electron chi connectivity index (χ0n) is 12.4. The highest BCUT2D eigenvalue weighted by Gasteiger charge is 2.04. The zero-order valence-corrected chi connectivity index (χ0v) is 12.4. The molecule has 0 saturated heterocycles. The number of anilines is 1. The molecule has 2 rings (SSSR count). The molecule has 0 aliphatic rings. The summed E-state index contributed by atoms with van der Waals surface area (Å²) in [4.78, 5) is 23.5. The van der Waals surface area contributed by atoms with Gasteiger partial charge in [-0.3, -0.25) is 9.59 Å². The van der Waals surface area contributed by atoms with Gasteiger partial charge in [-0.05, 0) is 37.1 Å². The smallest absolute Gasteiger partial charge is 0.251 e. The van der Waals surface area contributed by atoms with E-state index in [1.807, 2.05) is 48.5 Å². The van der Waals surface area contributed by atoms with Crippen LogP contribution in [0, 0.1) is 0 Å². The molecule has 0 unspecified atom stereocenters. The summed E-state index contributed by atoms with van der Waals surface area (Å²) < 4.78 is 0. The molecule has 0 aromatic heterocycles. The Morgan fingerprint density at radius 3 is 2.14 bits per heavy atom. The highest BCUT2D eigenvalue weighted by Crippen LogP contribution is 2.06. The topological polar surface area (TPSA) is 58.2 Å². The minimum absolute atomic E-state index is 0.000543. The van der Waals surface area contributed by atoms with E-state index in [0.717, 1.165) is 18.5 Å². The highest BCUT2D eigenvalue weighted by molar-refractivity contribution is 5.94. The Morgan fingerprint density at radius 1 is 0.818 bits per heavy atom. The lowest BCUT2D eigenvalue weighted by atomic mass is 10.2. The van der Waals surface area contributed by atoms with Crippen molar-refractivity contribution >= 4 is 17.5 Å². The second-order valence-corrected chi connectivity index (χ2v) is 4.99. The first-order valence-electron chi connectivity index (χ1n) is 7.44. The van der Waals surface area contributed by atoms with Crippen LogP contribution < -0.4 is 10.6 Å². The molecule has 0 heterocycles. The van der Waals surface area contributed by atoms with Gasteiger partial charge in [0.05, 0.1) is 0 Å². The molecule has 2 aromatic carbocycles. The minimum atomic E-state index is -0.0747. The Bertz CT molecular complexity index is 597. The SMILES string of the molecule is O=C(CCCCNC(=O)c1ccccc1)Nc1ccccc1. The van der Waals surface area contributed by atoms with E-state index in [9.17, 15) is 9.59 Å². The number of unbranched alkanes of at least 4 members (excludes halogenated alkanes) is 1. The Hall–Kier alpha value is -2.62. The van der Waals surface area contributed by atoms with Gasteiger partial charge in [-0.1, -0.05) is 36.4 Å². The Kier molecular flexibility index (Phi) is 6.18. The van der Waals surface area contributed by atoms with Crippen LogP contribution >= 0.6 is 0 Å². The molecular formula is C18H20N2O2. The molecule has 4 nitrogen and oxygen atoms in total. The van der Waals surface area contributed by atoms with Crippen molar-refractivity contribution in [2.45, 2.75) is 19.3 Å². The lowest BCUT2D eigenvalue weighted by Gasteiger charge is -2.06. The van der Waals surface area contributed by atoms with Crippen LogP contribution in [0.2, 0.25) is 0 Å². The Morgan fingerprint density at radius 2 is 1.45 bits per heavy atom. The average molecular weight is 296 g/mol. The molecule has 114 valence electrons. The van der Waals surface area contributed by atoms with Crippen LogP contribution in [0.15, 0.2) is 60.7 Å². The highest BCUT2D eigenvalue weighted by atomic mass is 16.2. The Labute approximate surface area is 130 Å². The fourth-order valence-electron chi connectivity index (χ4n) is 2.05. The van der Waals surface area contributed by atoms with Crippen LogP contribution in [0.3, 0.4) is 0 Å². The fraction of sp³-hybridized carbons (Fsp3) is 0.222. The van der Waals surface area contributed by atoms with E-state index >= 15 is 0 Å². The maximum atomic E-state index is 11.8. The molecule has 4 heteroatoms. The molecule has 2 N–H and O–H groups in total. The first-order chi connectivity index (χ1) is 10.8. The Balaban J connectivity index is 1.59. The summed E-state index contributed by atoms with van der Waals surface area (Å²) in [5.74, 6) is -0.0741. The normalized spacial score (nSPS) is 10.0. The van der Waals surface area contributed by atoms with Crippen molar-refractivity contribution in [2.75, 3.05) is 11.9 Å². The molecular weight excluding hydrogens is 276 g/mol. The summed E-state index contributed by atoms with van der Waals surface area (Å²) in [5.41, 5.74) is 1.47. The number of nitrogens with one attached hydrogen (secondary N) is 2. The van der Waals surface area contributed by atoms with E-state index in [-0.39, 0.29) is 11.8 Å². The van der Waals surface area contributed by atoms with E-state index in [4.69, 9.17) is 0 Å². The van der Waals surface area contributed by atoms with Crippen molar-refractivity contribution in [3.63, 3.8) is 0 Å². The monoisotopic (exact) mass is 296 g/mol. The molecule has 2 amide bonds. The summed E-state index contributed by atoms with van der Waals surface area (Å²) in [6, 6.07) is 18.5. The quantitative estimate of drug-likeness (QED) is 0.771. The van der Waals surface area contributed by atoms with Crippen molar-refractivity contribution in [2.24, 2.45) is 0 Å². The fourth-order valence-corrected chi connectivity index (χ4v) is 2.05. The van der Waals surface area contributed by atoms with Crippen molar-refractivity contribution in [1.82, 2.24) is 5.32 Å². The maximum Gasteiger partial charge on any atom is 0.251 e. The van der Waals surface area contributed by atoms with Gasteiger partial charge in [-0.15, -0.1) is 0 Å². The number of rotatable bonds is 7. The van der Waals surface area contributed by atoms with E-state index in [2.05, 4.69) is 10.6 Å². The van der Waals surface area contributed by atoms with Gasteiger partial charge in [-0.25, -0.2) is 0 Å². The molecule has 0 atom stereocenters. The lowest BCUT2D eigenvalue weighted by molar-refractivity contribution is -0.116. The van der Waals surface area contributed by atoms with Crippen LogP contribution in [0.5, 0.6) is 0 Å². The van der Waals surface area contributed by atoms with Gasteiger partial charge in [0.1, 0.15) is 0 Å². The number of hydrogen-bond acceptors (Lipinski definition) is 2. The standard InChI is InChI=1S/C18H20N2O2/c21-17(20-16-11-5-2-6-12-16)13-7-8-14-19-18(22)15-9-3-1-4-10-15/h1-6,9-12H,7-8,13-14H2,(H,19,22)(H,20,21). The van der Waals surface area contributed by atoms with Gasteiger partial charge in [-0.2, -0.15) is 0 Å². The van der Waals surface area contributed by atoms with Gasteiger partial charge in [0.25, 0.3) is 5.91 Å². The third-order valence-electron chi connectivity index (χ3n) is 3.21. The molecule has 2 aromatic rings. The molecule has 0 fully saturated rings. The first-order valence-corrected chi connectivity index (χ1v) is 7.44. The summed E-state index contributed by atoms with van der Waals surface area (Å²) >= 11 is 0. The molecule has 0 saturated carbocycles. The van der Waals surface area contributed by atoms with Crippen LogP contribution in [-0.4, -0.2) is 18.4 Å². The number of benzene rings is 2. The second-order valence-electron chi connectivity index (χ2n) is 4.99. The van der Waals surface area contributed by atoms with Gasteiger partial charge in [0.15, 0.2) is 0 Å². The van der Waals surface area contributed by atoms with Gasteiger partial charge >= 0.3 is 0 Å². The number of para-hydroxylation sites is 1. The van der Waals surface area contributed by atoms with E-state index in [1.165, 1.54) is 0 Å². The van der Waals surface area contributed by atoms with Gasteiger partial charge < -0.3 is 10.6 Å². The zero-order chi connectivity index (χ0) is 15.6. The molecule has 0 spiro atoms. The summed E-state index contributed by atoms with van der Waals surface area (Å²) in [6.07, 6.45) is 1.98. The number of amides is 2. The van der Waals surface area contributed by atoms with Crippen LogP contribution in [0.25, 0.3) is 0 Å². The van der Waals surface area contributed by atoms with Crippen molar-refractivity contribution in [3.05, 3.63) is 66.2 Å². The number of carbonyl (C=O) groups is 2. The molecule has 22 heavy (non-hydrogen) atoms. The van der Waals surface area contributed by atoms with E-state index in [0.29, 0.717) is 18.5 Å². The first kappa shape index (κ1) is 15.8. The molecule has 0 aliphatic heterocycles. The van der Waals surface area contributed by atoms with E-state index < -0.39 is 0 Å². The third-order valence-corrected chi connectivity index (χ3v) is 3.21. The van der Waals surface area contributed by atoms with Crippen molar-refractivity contribution in [3.8, 4) is 0 Å².